The smallest absolute Gasteiger partial charge is 0.261 e. The minimum atomic E-state index is -0.350. The fourth-order valence-electron chi connectivity index (χ4n) is 2.84. The van der Waals surface area contributed by atoms with Crippen molar-refractivity contribution >= 4 is 49.4 Å². The largest absolute Gasteiger partial charge is 0.452 e. The van der Waals surface area contributed by atoms with E-state index >= 15 is 0 Å². The highest BCUT2D eigenvalue weighted by atomic mass is 32.2. The number of aromatic nitrogens is 3. The molecular formula is C20H11N3O3S2. The summed E-state index contributed by atoms with van der Waals surface area (Å²) >= 11 is 2.40. The van der Waals surface area contributed by atoms with E-state index in [-0.39, 0.29) is 16.3 Å². The third kappa shape index (κ3) is 3.02. The molecular weight excluding hydrogens is 394 g/mol. The minimum absolute atomic E-state index is 0.0112. The molecule has 8 heteroatoms. The predicted octanol–water partition coefficient (Wildman–Crippen LogP) is 4.52. The highest BCUT2D eigenvalue weighted by Gasteiger charge is 2.17. The summed E-state index contributed by atoms with van der Waals surface area (Å²) in [6.07, 6.45) is 5.10. The van der Waals surface area contributed by atoms with Crippen LogP contribution >= 0.6 is 23.1 Å². The highest BCUT2D eigenvalue weighted by molar-refractivity contribution is 8.15. The molecule has 136 valence electrons. The van der Waals surface area contributed by atoms with Crippen molar-refractivity contribution < 1.29 is 9.21 Å². The van der Waals surface area contributed by atoms with Crippen LogP contribution < -0.4 is 5.43 Å². The first-order valence-corrected chi connectivity index (χ1v) is 9.95. The number of hydrogen-bond acceptors (Lipinski definition) is 7. The summed E-state index contributed by atoms with van der Waals surface area (Å²) in [7, 11) is 0. The molecule has 0 fully saturated rings. The second kappa shape index (κ2) is 6.74. The number of carbonyl (C=O) groups is 1. The molecule has 0 radical (unpaired) electrons. The Balaban J connectivity index is 1.49. The Labute approximate surface area is 166 Å². The van der Waals surface area contributed by atoms with E-state index in [2.05, 4.69) is 9.97 Å². The van der Waals surface area contributed by atoms with E-state index in [0.29, 0.717) is 15.3 Å². The molecule has 0 saturated heterocycles. The molecule has 0 amide bonds. The lowest BCUT2D eigenvalue weighted by Crippen LogP contribution is -2.05. The van der Waals surface area contributed by atoms with Crippen LogP contribution in [-0.4, -0.2) is 19.7 Å². The summed E-state index contributed by atoms with van der Waals surface area (Å²) in [5.41, 5.74) is 1.73. The maximum Gasteiger partial charge on any atom is 0.261 e. The van der Waals surface area contributed by atoms with Gasteiger partial charge in [-0.2, -0.15) is 0 Å². The van der Waals surface area contributed by atoms with E-state index in [4.69, 9.17) is 4.42 Å². The van der Waals surface area contributed by atoms with Crippen molar-refractivity contribution in [2.45, 2.75) is 4.34 Å². The van der Waals surface area contributed by atoms with Crippen LogP contribution in [0.4, 0.5) is 0 Å². The molecule has 0 saturated carbocycles. The first-order chi connectivity index (χ1) is 13.7. The van der Waals surface area contributed by atoms with Crippen molar-refractivity contribution in [3.8, 4) is 5.69 Å². The number of hydrogen-bond donors (Lipinski definition) is 0. The average molecular weight is 405 g/mol. The van der Waals surface area contributed by atoms with Gasteiger partial charge in [0.15, 0.2) is 15.5 Å². The van der Waals surface area contributed by atoms with Crippen molar-refractivity contribution in [3.63, 3.8) is 0 Å². The van der Waals surface area contributed by atoms with Gasteiger partial charge >= 0.3 is 0 Å². The summed E-state index contributed by atoms with van der Waals surface area (Å²) in [5.74, 6) is 0.0112. The van der Waals surface area contributed by atoms with Crippen LogP contribution in [0.3, 0.4) is 0 Å². The van der Waals surface area contributed by atoms with Crippen LogP contribution in [0.1, 0.15) is 10.6 Å². The normalized spacial score (nSPS) is 11.3. The van der Waals surface area contributed by atoms with Gasteiger partial charge in [0.1, 0.15) is 5.58 Å². The Morgan fingerprint density at radius 3 is 2.86 bits per heavy atom. The van der Waals surface area contributed by atoms with E-state index in [0.717, 1.165) is 27.7 Å². The lowest BCUT2D eigenvalue weighted by atomic mass is 10.2. The lowest BCUT2D eigenvalue weighted by Gasteiger charge is -2.05. The molecule has 5 aromatic rings. The number of rotatable bonds is 3. The Bertz CT molecular complexity index is 1350. The summed E-state index contributed by atoms with van der Waals surface area (Å²) in [6, 6.07) is 14.1. The fraction of sp³-hybridized carbons (Fsp3) is 0. The molecule has 28 heavy (non-hydrogen) atoms. The molecule has 3 aromatic heterocycles. The molecule has 0 unspecified atom stereocenters. The first-order valence-electron chi connectivity index (χ1n) is 8.31. The van der Waals surface area contributed by atoms with Crippen LogP contribution in [0.2, 0.25) is 0 Å². The third-order valence-electron chi connectivity index (χ3n) is 4.17. The van der Waals surface area contributed by atoms with Crippen LogP contribution in [0.15, 0.2) is 80.8 Å². The Morgan fingerprint density at radius 1 is 1.14 bits per heavy atom. The Hall–Kier alpha value is -3.23. The van der Waals surface area contributed by atoms with E-state index in [1.54, 1.807) is 35.4 Å². The quantitative estimate of drug-likeness (QED) is 0.411. The van der Waals surface area contributed by atoms with Gasteiger partial charge in [0.2, 0.25) is 0 Å². The molecule has 3 heterocycles. The van der Waals surface area contributed by atoms with Crippen LogP contribution in [0.25, 0.3) is 26.9 Å². The van der Waals surface area contributed by atoms with Crippen molar-refractivity contribution in [1.29, 1.82) is 0 Å². The zero-order chi connectivity index (χ0) is 19.1. The number of fused-ring (bicyclic) bond motifs is 2. The molecule has 0 atom stereocenters. The minimum Gasteiger partial charge on any atom is -0.452 e. The lowest BCUT2D eigenvalue weighted by molar-refractivity contribution is 0.106. The van der Waals surface area contributed by atoms with Crippen molar-refractivity contribution in [1.82, 2.24) is 14.5 Å². The van der Waals surface area contributed by atoms with E-state index in [1.807, 2.05) is 30.3 Å². The van der Waals surface area contributed by atoms with Crippen molar-refractivity contribution in [2.24, 2.45) is 0 Å². The SMILES string of the molecule is O=C(Sc1nc2ccccc2s1)c1cc(=O)c2cc(-n3ccnc3)ccc2o1. The molecule has 0 N–H and O–H groups in total. The number of thiazole rings is 1. The Kier molecular flexibility index (Phi) is 4.07. The van der Waals surface area contributed by atoms with Gasteiger partial charge in [-0.25, -0.2) is 9.97 Å². The first kappa shape index (κ1) is 16.9. The number of carbonyl (C=O) groups excluding carboxylic acids is 1. The number of imidazole rings is 1. The molecule has 0 aliphatic carbocycles. The van der Waals surface area contributed by atoms with Gasteiger partial charge in [0.25, 0.3) is 5.12 Å². The van der Waals surface area contributed by atoms with Gasteiger partial charge < -0.3 is 8.98 Å². The summed E-state index contributed by atoms with van der Waals surface area (Å²) < 4.78 is 9.12. The molecule has 6 nitrogen and oxygen atoms in total. The zero-order valence-electron chi connectivity index (χ0n) is 14.2. The average Bonchev–Trinajstić information content (AvgIpc) is 3.37. The second-order valence-corrected chi connectivity index (χ2v) is 8.21. The van der Waals surface area contributed by atoms with Crippen molar-refractivity contribution in [2.75, 3.05) is 0 Å². The standard InChI is InChI=1S/C20H11N3O3S2/c24-15-10-17(19(25)28-20-22-14-3-1-2-4-18(14)27-20)26-16-6-5-12(9-13(15)16)23-8-7-21-11-23/h1-11H. The second-order valence-electron chi connectivity index (χ2n) is 5.96. The highest BCUT2D eigenvalue weighted by Crippen LogP contribution is 2.31. The van der Waals surface area contributed by atoms with Crippen LogP contribution in [0.5, 0.6) is 0 Å². The summed E-state index contributed by atoms with van der Waals surface area (Å²) in [5, 5.41) is 0.0597. The van der Waals surface area contributed by atoms with Crippen LogP contribution in [0, 0.1) is 0 Å². The maximum atomic E-state index is 12.6. The Morgan fingerprint density at radius 2 is 2.04 bits per heavy atom. The van der Waals surface area contributed by atoms with Gasteiger partial charge in [-0.05, 0) is 42.1 Å². The van der Waals surface area contributed by atoms with Crippen LogP contribution in [-0.2, 0) is 0 Å². The summed E-state index contributed by atoms with van der Waals surface area (Å²) in [6.45, 7) is 0. The molecule has 0 spiro atoms. The zero-order valence-corrected chi connectivity index (χ0v) is 15.9. The van der Waals surface area contributed by atoms with E-state index in [9.17, 15) is 9.59 Å². The molecule has 0 aliphatic heterocycles. The number of thioether (sulfide) groups is 1. The van der Waals surface area contributed by atoms with E-state index < -0.39 is 0 Å². The third-order valence-corrected chi connectivity index (χ3v) is 6.15. The maximum absolute atomic E-state index is 12.6. The predicted molar refractivity (Wildman–Crippen MR) is 109 cm³/mol. The van der Waals surface area contributed by atoms with Gasteiger partial charge in [-0.3, -0.25) is 9.59 Å². The van der Waals surface area contributed by atoms with Gasteiger partial charge in [0.05, 0.1) is 21.9 Å². The van der Waals surface area contributed by atoms with Gasteiger partial charge in [-0.15, -0.1) is 11.3 Å². The van der Waals surface area contributed by atoms with E-state index in [1.165, 1.54) is 17.4 Å². The molecule has 5 rings (SSSR count). The summed E-state index contributed by atoms with van der Waals surface area (Å²) in [4.78, 5) is 33.6. The van der Waals surface area contributed by atoms with Gasteiger partial charge in [0, 0.05) is 24.1 Å². The number of para-hydroxylation sites is 1. The monoisotopic (exact) mass is 405 g/mol. The number of nitrogens with zero attached hydrogens (tertiary/aromatic N) is 3. The molecule has 2 aromatic carbocycles. The van der Waals surface area contributed by atoms with Gasteiger partial charge in [-0.1, -0.05) is 12.1 Å². The number of benzene rings is 2. The molecule has 0 bridgehead atoms. The topological polar surface area (TPSA) is 78.0 Å². The fourth-order valence-corrected chi connectivity index (χ4v) is 4.71. The molecule has 0 aliphatic rings. The van der Waals surface area contributed by atoms with Crippen molar-refractivity contribution in [3.05, 3.63) is 83.2 Å².